The zero-order chi connectivity index (χ0) is 18.1. The molecule has 0 fully saturated rings. The van der Waals surface area contributed by atoms with E-state index in [0.29, 0.717) is 16.4 Å². The summed E-state index contributed by atoms with van der Waals surface area (Å²) in [5.41, 5.74) is 5.79. The van der Waals surface area contributed by atoms with Gasteiger partial charge in [0.05, 0.1) is 23.0 Å². The Hall–Kier alpha value is -2.05. The highest BCUT2D eigenvalue weighted by molar-refractivity contribution is 6.33. The van der Waals surface area contributed by atoms with Crippen LogP contribution in [-0.4, -0.2) is 22.2 Å². The van der Waals surface area contributed by atoms with Gasteiger partial charge < -0.3 is 11.1 Å². The fraction of sp³-hybridized carbons (Fsp3) is 0.312. The monoisotopic (exact) mass is 368 g/mol. The van der Waals surface area contributed by atoms with Crippen LogP contribution in [0.4, 0.5) is 5.69 Å². The third-order valence-electron chi connectivity index (χ3n) is 3.71. The highest BCUT2D eigenvalue weighted by Crippen LogP contribution is 2.22. The van der Waals surface area contributed by atoms with Crippen molar-refractivity contribution in [2.45, 2.75) is 20.8 Å². The molecule has 3 N–H and O–H groups in total. The highest BCUT2D eigenvalue weighted by Gasteiger charge is 2.25. The van der Waals surface area contributed by atoms with Gasteiger partial charge in [0, 0.05) is 11.6 Å². The first kappa shape index (κ1) is 18.3. The Morgan fingerprint density at radius 2 is 2.04 bits per heavy atom. The number of rotatable bonds is 5. The number of aromatic nitrogens is 2. The van der Waals surface area contributed by atoms with Gasteiger partial charge in [-0.25, -0.2) is 0 Å². The van der Waals surface area contributed by atoms with Crippen molar-refractivity contribution >= 4 is 34.8 Å². The van der Waals surface area contributed by atoms with Crippen LogP contribution in [0.15, 0.2) is 29.2 Å². The van der Waals surface area contributed by atoms with Gasteiger partial charge in [-0.2, -0.15) is 9.78 Å². The van der Waals surface area contributed by atoms with Gasteiger partial charge in [-0.15, -0.1) is 0 Å². The maximum Gasteiger partial charge on any atom is 0.292 e. The van der Waals surface area contributed by atoms with Gasteiger partial charge in [-0.3, -0.25) is 9.59 Å². The Bertz CT molecular complexity index is 846. The molecule has 1 aromatic carbocycles. The molecule has 24 heavy (non-hydrogen) atoms. The second-order valence-electron chi connectivity index (χ2n) is 6.12. The summed E-state index contributed by atoms with van der Waals surface area (Å²) in [6.07, 6.45) is 1.43. The summed E-state index contributed by atoms with van der Waals surface area (Å²) in [5, 5.41) is 7.55. The fourth-order valence-electron chi connectivity index (χ4n) is 1.86. The summed E-state index contributed by atoms with van der Waals surface area (Å²) in [6, 6.07) is 5.17. The number of aryl methyl sites for hydroxylation is 1. The summed E-state index contributed by atoms with van der Waals surface area (Å²) >= 11 is 12.2. The number of amides is 1. The molecule has 1 aromatic heterocycles. The smallest absolute Gasteiger partial charge is 0.292 e. The van der Waals surface area contributed by atoms with Crippen molar-refractivity contribution in [3.63, 3.8) is 0 Å². The number of nitrogens with two attached hydrogens (primary N) is 1. The maximum atomic E-state index is 12.4. The molecule has 2 rings (SSSR count). The van der Waals surface area contributed by atoms with E-state index in [1.54, 1.807) is 32.0 Å². The van der Waals surface area contributed by atoms with Crippen LogP contribution in [0.3, 0.4) is 0 Å². The Kier molecular flexibility index (Phi) is 5.20. The molecule has 128 valence electrons. The molecule has 0 spiro atoms. The summed E-state index contributed by atoms with van der Waals surface area (Å²) in [4.78, 5) is 23.8. The van der Waals surface area contributed by atoms with Crippen LogP contribution < -0.4 is 16.6 Å². The topological polar surface area (TPSA) is 90.0 Å². The van der Waals surface area contributed by atoms with Crippen LogP contribution in [-0.2, 0) is 4.79 Å². The number of nitrogens with zero attached hydrogens (tertiary/aromatic N) is 2. The van der Waals surface area contributed by atoms with E-state index in [-0.39, 0.29) is 11.6 Å². The maximum absolute atomic E-state index is 12.4. The van der Waals surface area contributed by atoms with Gasteiger partial charge in [0.2, 0.25) is 5.91 Å². The summed E-state index contributed by atoms with van der Waals surface area (Å²) in [5.74, 6) is -0.457. The molecule has 0 aliphatic heterocycles. The molecule has 0 bridgehead atoms. The molecule has 0 radical (unpaired) electrons. The molecular weight excluding hydrogens is 351 g/mol. The van der Waals surface area contributed by atoms with Crippen LogP contribution in [0.5, 0.6) is 0 Å². The Labute approximate surface area is 149 Å². The first-order valence-electron chi connectivity index (χ1n) is 7.21. The van der Waals surface area contributed by atoms with E-state index in [0.717, 1.165) is 10.2 Å². The minimum Gasteiger partial charge on any atom is -0.381 e. The van der Waals surface area contributed by atoms with E-state index in [9.17, 15) is 9.59 Å². The number of halogens is 2. The van der Waals surface area contributed by atoms with Crippen molar-refractivity contribution in [2.24, 2.45) is 11.1 Å². The van der Waals surface area contributed by atoms with Crippen molar-refractivity contribution in [1.82, 2.24) is 9.78 Å². The minimum absolute atomic E-state index is 0.0260. The highest BCUT2D eigenvalue weighted by atomic mass is 35.5. The van der Waals surface area contributed by atoms with Crippen LogP contribution in [0, 0.1) is 12.3 Å². The molecule has 0 atom stereocenters. The summed E-state index contributed by atoms with van der Waals surface area (Å²) in [7, 11) is 0. The van der Waals surface area contributed by atoms with Gasteiger partial charge in [0.1, 0.15) is 5.02 Å². The van der Waals surface area contributed by atoms with Crippen LogP contribution in [0.25, 0.3) is 5.69 Å². The van der Waals surface area contributed by atoms with E-state index in [4.69, 9.17) is 28.9 Å². The minimum atomic E-state index is -0.789. The van der Waals surface area contributed by atoms with Crippen molar-refractivity contribution in [3.05, 3.63) is 50.4 Å². The molecule has 6 nitrogen and oxygen atoms in total. The molecule has 8 heteroatoms. The van der Waals surface area contributed by atoms with Crippen LogP contribution >= 0.6 is 23.2 Å². The predicted octanol–water partition coefficient (Wildman–Crippen LogP) is 2.77. The van der Waals surface area contributed by atoms with E-state index >= 15 is 0 Å². The van der Waals surface area contributed by atoms with Crippen molar-refractivity contribution < 1.29 is 4.79 Å². The number of primary amides is 1. The first-order valence-corrected chi connectivity index (χ1v) is 7.97. The standard InChI is InChI=1S/C16H18Cl2N4O2/c1-9-4-5-10(6-11(9)17)22-14(23)13(18)12(7-21-22)20-8-16(2,3)15(19)24/h4-7,20H,8H2,1-3H3,(H2,19,24). The second-order valence-corrected chi connectivity index (χ2v) is 6.91. The van der Waals surface area contributed by atoms with E-state index in [1.165, 1.54) is 6.20 Å². The molecule has 0 aliphatic carbocycles. The molecule has 0 saturated heterocycles. The van der Waals surface area contributed by atoms with Crippen molar-refractivity contribution in [2.75, 3.05) is 11.9 Å². The quantitative estimate of drug-likeness (QED) is 0.848. The average Bonchev–Trinajstić information content (AvgIpc) is 2.51. The molecule has 1 amide bonds. The lowest BCUT2D eigenvalue weighted by molar-refractivity contribution is -0.125. The van der Waals surface area contributed by atoms with Crippen molar-refractivity contribution in [3.8, 4) is 5.69 Å². The second kappa shape index (κ2) is 6.83. The van der Waals surface area contributed by atoms with E-state index < -0.39 is 16.9 Å². The zero-order valence-electron chi connectivity index (χ0n) is 13.6. The van der Waals surface area contributed by atoms with Crippen LogP contribution in [0.1, 0.15) is 19.4 Å². The Morgan fingerprint density at radius 1 is 1.38 bits per heavy atom. The average molecular weight is 369 g/mol. The lowest BCUT2D eigenvalue weighted by Gasteiger charge is -2.21. The molecule has 0 unspecified atom stereocenters. The number of anilines is 1. The summed E-state index contributed by atoms with van der Waals surface area (Å²) in [6.45, 7) is 5.48. The summed E-state index contributed by atoms with van der Waals surface area (Å²) < 4.78 is 1.16. The zero-order valence-corrected chi connectivity index (χ0v) is 15.1. The Balaban J connectivity index is 2.34. The van der Waals surface area contributed by atoms with Gasteiger partial charge in [-0.1, -0.05) is 29.3 Å². The van der Waals surface area contributed by atoms with Gasteiger partial charge in [0.15, 0.2) is 0 Å². The fourth-order valence-corrected chi connectivity index (χ4v) is 2.23. The van der Waals surface area contributed by atoms with Gasteiger partial charge in [-0.05, 0) is 38.5 Å². The third kappa shape index (κ3) is 3.71. The lowest BCUT2D eigenvalue weighted by atomic mass is 9.93. The number of carbonyl (C=O) groups is 1. The number of hydrogen-bond donors (Lipinski definition) is 2. The Morgan fingerprint density at radius 3 is 2.62 bits per heavy atom. The van der Waals surface area contributed by atoms with E-state index in [2.05, 4.69) is 10.4 Å². The van der Waals surface area contributed by atoms with Crippen molar-refractivity contribution in [1.29, 1.82) is 0 Å². The third-order valence-corrected chi connectivity index (χ3v) is 4.48. The normalized spacial score (nSPS) is 11.4. The van der Waals surface area contributed by atoms with E-state index in [1.807, 2.05) is 6.92 Å². The first-order chi connectivity index (χ1) is 11.1. The molecule has 1 heterocycles. The molecule has 0 aliphatic rings. The number of benzene rings is 1. The SMILES string of the molecule is Cc1ccc(-n2ncc(NCC(C)(C)C(N)=O)c(Cl)c2=O)cc1Cl. The predicted molar refractivity (Wildman–Crippen MR) is 96.1 cm³/mol. The molecular formula is C16H18Cl2N4O2. The molecule has 2 aromatic rings. The number of nitrogens with one attached hydrogen (secondary N) is 1. The molecule has 0 saturated carbocycles. The van der Waals surface area contributed by atoms with Crippen LogP contribution in [0.2, 0.25) is 10.0 Å². The number of carbonyl (C=O) groups excluding carboxylic acids is 1. The largest absolute Gasteiger partial charge is 0.381 e. The van der Waals surface area contributed by atoms with Gasteiger partial charge >= 0.3 is 0 Å². The lowest BCUT2D eigenvalue weighted by Crippen LogP contribution is -2.37. The number of hydrogen-bond acceptors (Lipinski definition) is 4. The van der Waals surface area contributed by atoms with Gasteiger partial charge in [0.25, 0.3) is 5.56 Å².